The maximum atomic E-state index is 12.1. The quantitative estimate of drug-likeness (QED) is 0.603. The van der Waals surface area contributed by atoms with Crippen LogP contribution in [0.25, 0.3) is 11.4 Å². The molecule has 0 radical (unpaired) electrons. The van der Waals surface area contributed by atoms with Gasteiger partial charge in [0, 0.05) is 24.0 Å². The number of rotatable bonds is 5. The Bertz CT molecular complexity index is 1070. The van der Waals surface area contributed by atoms with Crippen LogP contribution in [0.4, 0.5) is 11.6 Å². The smallest absolute Gasteiger partial charge is 0.269 e. The monoisotopic (exact) mass is 403 g/mol. The van der Waals surface area contributed by atoms with Crippen LogP contribution in [0, 0.1) is 5.92 Å². The second-order valence-electron chi connectivity index (χ2n) is 7.97. The van der Waals surface area contributed by atoms with Gasteiger partial charge in [-0.15, -0.1) is 0 Å². The second-order valence-corrected chi connectivity index (χ2v) is 7.97. The SMILES string of the molecule is NC(=O)c1nn(CC2CCNCC2)c2c1CCc1cnc(Nc3ccccc3)nc1-2. The van der Waals surface area contributed by atoms with E-state index in [-0.39, 0.29) is 0 Å². The second kappa shape index (κ2) is 7.87. The molecule has 8 heteroatoms. The summed E-state index contributed by atoms with van der Waals surface area (Å²) in [5.41, 5.74) is 10.7. The number of nitrogens with one attached hydrogen (secondary N) is 2. The topological polar surface area (TPSA) is 111 Å². The summed E-state index contributed by atoms with van der Waals surface area (Å²) in [5.74, 6) is 0.573. The van der Waals surface area contributed by atoms with E-state index in [0.717, 1.165) is 73.5 Å². The molecule has 8 nitrogen and oxygen atoms in total. The molecule has 1 fully saturated rings. The van der Waals surface area contributed by atoms with E-state index in [1.165, 1.54) is 0 Å². The number of fused-ring (bicyclic) bond motifs is 3. The molecule has 0 spiro atoms. The van der Waals surface area contributed by atoms with Gasteiger partial charge in [0.1, 0.15) is 0 Å². The van der Waals surface area contributed by atoms with Crippen molar-refractivity contribution < 1.29 is 4.79 Å². The van der Waals surface area contributed by atoms with Crippen LogP contribution in [0.2, 0.25) is 0 Å². The Morgan fingerprint density at radius 3 is 2.77 bits per heavy atom. The van der Waals surface area contributed by atoms with Gasteiger partial charge in [-0.1, -0.05) is 18.2 Å². The van der Waals surface area contributed by atoms with Crippen LogP contribution >= 0.6 is 0 Å². The van der Waals surface area contributed by atoms with Gasteiger partial charge in [-0.25, -0.2) is 9.97 Å². The average Bonchev–Trinajstić information content (AvgIpc) is 3.14. The number of benzene rings is 1. The van der Waals surface area contributed by atoms with Gasteiger partial charge in [0.2, 0.25) is 5.95 Å². The Kier molecular flexibility index (Phi) is 4.92. The first-order chi connectivity index (χ1) is 14.7. The summed E-state index contributed by atoms with van der Waals surface area (Å²) >= 11 is 0. The van der Waals surface area contributed by atoms with Gasteiger partial charge in [0.25, 0.3) is 5.91 Å². The van der Waals surface area contributed by atoms with E-state index < -0.39 is 5.91 Å². The van der Waals surface area contributed by atoms with Crippen molar-refractivity contribution in [2.24, 2.45) is 11.7 Å². The normalized spacial score (nSPS) is 16.0. The lowest BCUT2D eigenvalue weighted by Crippen LogP contribution is -2.30. The maximum Gasteiger partial charge on any atom is 0.269 e. The first kappa shape index (κ1) is 18.7. The fourth-order valence-corrected chi connectivity index (χ4v) is 4.41. The molecule has 1 saturated heterocycles. The molecule has 154 valence electrons. The van der Waals surface area contributed by atoms with Crippen molar-refractivity contribution in [1.82, 2.24) is 25.1 Å². The van der Waals surface area contributed by atoms with Crippen molar-refractivity contribution >= 4 is 17.5 Å². The number of anilines is 2. The summed E-state index contributed by atoms with van der Waals surface area (Å²) < 4.78 is 1.96. The number of aryl methyl sites for hydroxylation is 1. The highest BCUT2D eigenvalue weighted by Crippen LogP contribution is 2.35. The zero-order valence-corrected chi connectivity index (χ0v) is 16.8. The maximum absolute atomic E-state index is 12.1. The third kappa shape index (κ3) is 3.54. The molecule has 3 heterocycles. The molecule has 1 amide bonds. The summed E-state index contributed by atoms with van der Waals surface area (Å²) in [4.78, 5) is 21.4. The van der Waals surface area contributed by atoms with Crippen molar-refractivity contribution in [2.75, 3.05) is 18.4 Å². The lowest BCUT2D eigenvalue weighted by molar-refractivity contribution is 0.0993. The first-order valence-electron chi connectivity index (χ1n) is 10.5. The fraction of sp³-hybridized carbons (Fsp3) is 0.364. The van der Waals surface area contributed by atoms with Crippen LogP contribution < -0.4 is 16.4 Å². The van der Waals surface area contributed by atoms with E-state index in [0.29, 0.717) is 17.6 Å². The number of carbonyl (C=O) groups excluding carboxylic acids is 1. The van der Waals surface area contributed by atoms with E-state index in [1.54, 1.807) is 0 Å². The van der Waals surface area contributed by atoms with Crippen LogP contribution in [0.3, 0.4) is 0 Å². The summed E-state index contributed by atoms with van der Waals surface area (Å²) in [6, 6.07) is 9.84. The third-order valence-electron chi connectivity index (χ3n) is 5.94. The number of hydrogen-bond donors (Lipinski definition) is 3. The summed E-state index contributed by atoms with van der Waals surface area (Å²) in [6.45, 7) is 2.80. The fourth-order valence-electron chi connectivity index (χ4n) is 4.41. The minimum absolute atomic E-state index is 0.376. The zero-order chi connectivity index (χ0) is 20.5. The molecule has 4 N–H and O–H groups in total. The molecule has 0 unspecified atom stereocenters. The molecule has 1 aliphatic carbocycles. The molecule has 1 aliphatic heterocycles. The van der Waals surface area contributed by atoms with Gasteiger partial charge < -0.3 is 16.4 Å². The molecular formula is C22H25N7O. The highest BCUT2D eigenvalue weighted by molar-refractivity contribution is 5.94. The predicted molar refractivity (Wildman–Crippen MR) is 114 cm³/mol. The van der Waals surface area contributed by atoms with Crippen LogP contribution in [0.1, 0.15) is 34.5 Å². The van der Waals surface area contributed by atoms with E-state index >= 15 is 0 Å². The van der Waals surface area contributed by atoms with Crippen molar-refractivity contribution in [2.45, 2.75) is 32.2 Å². The van der Waals surface area contributed by atoms with Crippen molar-refractivity contribution in [3.8, 4) is 11.4 Å². The summed E-state index contributed by atoms with van der Waals surface area (Å²) in [6.07, 6.45) is 5.56. The van der Waals surface area contributed by atoms with Crippen LogP contribution in [0.5, 0.6) is 0 Å². The van der Waals surface area contributed by atoms with Gasteiger partial charge >= 0.3 is 0 Å². The third-order valence-corrected chi connectivity index (χ3v) is 5.94. The number of primary amides is 1. The molecule has 2 aromatic heterocycles. The van der Waals surface area contributed by atoms with Gasteiger partial charge in [0.15, 0.2) is 5.69 Å². The highest BCUT2D eigenvalue weighted by atomic mass is 16.1. The Morgan fingerprint density at radius 2 is 2.00 bits per heavy atom. The molecule has 0 bridgehead atoms. The Labute approximate surface area is 174 Å². The molecule has 0 atom stereocenters. The molecule has 0 saturated carbocycles. The van der Waals surface area contributed by atoms with Crippen LogP contribution in [-0.4, -0.2) is 38.7 Å². The number of aromatic nitrogens is 4. The van der Waals surface area contributed by atoms with Crippen LogP contribution in [-0.2, 0) is 19.4 Å². The predicted octanol–water partition coefficient (Wildman–Crippen LogP) is 2.28. The van der Waals surface area contributed by atoms with Crippen molar-refractivity contribution in [3.05, 3.63) is 53.3 Å². The number of para-hydroxylation sites is 1. The molecule has 2 aliphatic rings. The first-order valence-corrected chi connectivity index (χ1v) is 10.5. The molecule has 1 aromatic carbocycles. The van der Waals surface area contributed by atoms with Gasteiger partial charge in [-0.2, -0.15) is 5.10 Å². The number of piperidine rings is 1. The Balaban J connectivity index is 1.55. The van der Waals surface area contributed by atoms with Crippen molar-refractivity contribution in [3.63, 3.8) is 0 Å². The number of carbonyl (C=O) groups is 1. The van der Waals surface area contributed by atoms with E-state index in [9.17, 15) is 4.79 Å². The van der Waals surface area contributed by atoms with Gasteiger partial charge in [0.05, 0.1) is 11.4 Å². The Hall–Kier alpha value is -3.26. The lowest BCUT2D eigenvalue weighted by atomic mass is 9.92. The standard InChI is InChI=1S/C22H25N7O/c23-21(30)19-17-7-6-15-12-25-22(26-16-4-2-1-3-5-16)27-18(15)20(17)29(28-19)13-14-8-10-24-11-9-14/h1-5,12,14,24H,6-11,13H2,(H2,23,30)(H,25,26,27). The minimum Gasteiger partial charge on any atom is -0.364 e. The number of nitrogens with zero attached hydrogens (tertiary/aromatic N) is 4. The molecular weight excluding hydrogens is 378 g/mol. The average molecular weight is 403 g/mol. The minimum atomic E-state index is -0.476. The lowest BCUT2D eigenvalue weighted by Gasteiger charge is -2.24. The number of amides is 1. The van der Waals surface area contributed by atoms with Crippen molar-refractivity contribution in [1.29, 1.82) is 0 Å². The largest absolute Gasteiger partial charge is 0.364 e. The summed E-state index contributed by atoms with van der Waals surface area (Å²) in [7, 11) is 0. The van der Waals surface area contributed by atoms with Crippen LogP contribution in [0.15, 0.2) is 36.5 Å². The highest BCUT2D eigenvalue weighted by Gasteiger charge is 2.30. The Morgan fingerprint density at radius 1 is 1.20 bits per heavy atom. The number of nitrogens with two attached hydrogens (primary N) is 1. The van der Waals surface area contributed by atoms with E-state index in [4.69, 9.17) is 10.7 Å². The van der Waals surface area contributed by atoms with E-state index in [1.807, 2.05) is 41.2 Å². The zero-order valence-electron chi connectivity index (χ0n) is 16.8. The van der Waals surface area contributed by atoms with Gasteiger partial charge in [-0.3, -0.25) is 9.48 Å². The molecule has 3 aromatic rings. The summed E-state index contributed by atoms with van der Waals surface area (Å²) in [5, 5.41) is 11.3. The van der Waals surface area contributed by atoms with Gasteiger partial charge in [-0.05, 0) is 62.4 Å². The molecule has 5 rings (SSSR count). The number of hydrogen-bond acceptors (Lipinski definition) is 6. The van der Waals surface area contributed by atoms with E-state index in [2.05, 4.69) is 20.7 Å². The molecule has 30 heavy (non-hydrogen) atoms.